The standard InChI is InChI=1S/C19H21NO/c1-19(15-21)14-20(12-16-8-4-2-5-9-16)13-18(19)17-10-6-3-7-11-17/h2-11,15,18H,12-14H2,1H3. The lowest BCUT2D eigenvalue weighted by atomic mass is 9.77. The van der Waals surface area contributed by atoms with E-state index in [-0.39, 0.29) is 11.3 Å². The van der Waals surface area contributed by atoms with Gasteiger partial charge in [0.05, 0.1) is 0 Å². The summed E-state index contributed by atoms with van der Waals surface area (Å²) < 4.78 is 0. The number of aldehydes is 1. The van der Waals surface area contributed by atoms with E-state index in [1.54, 1.807) is 0 Å². The van der Waals surface area contributed by atoms with Crippen LogP contribution in [0.25, 0.3) is 0 Å². The van der Waals surface area contributed by atoms with Crippen molar-refractivity contribution in [1.29, 1.82) is 0 Å². The highest BCUT2D eigenvalue weighted by Gasteiger charge is 2.43. The fraction of sp³-hybridized carbons (Fsp3) is 0.316. The minimum absolute atomic E-state index is 0.278. The Morgan fingerprint density at radius 2 is 1.71 bits per heavy atom. The normalized spacial score (nSPS) is 25.9. The van der Waals surface area contributed by atoms with Gasteiger partial charge in [-0.2, -0.15) is 0 Å². The third-order valence-electron chi connectivity index (χ3n) is 4.52. The van der Waals surface area contributed by atoms with Crippen LogP contribution in [0.15, 0.2) is 60.7 Å². The van der Waals surface area contributed by atoms with Gasteiger partial charge in [0.1, 0.15) is 6.29 Å². The lowest BCUT2D eigenvalue weighted by molar-refractivity contribution is -0.115. The Morgan fingerprint density at radius 3 is 2.33 bits per heavy atom. The van der Waals surface area contributed by atoms with Crippen molar-refractivity contribution in [3.63, 3.8) is 0 Å². The molecule has 1 saturated heterocycles. The number of carbonyl (C=O) groups excluding carboxylic acids is 1. The number of hydrogen-bond donors (Lipinski definition) is 0. The van der Waals surface area contributed by atoms with E-state index in [0.29, 0.717) is 0 Å². The second-order valence-corrected chi connectivity index (χ2v) is 6.24. The average Bonchev–Trinajstić information content (AvgIpc) is 2.86. The van der Waals surface area contributed by atoms with Gasteiger partial charge in [0, 0.05) is 31.0 Å². The average molecular weight is 279 g/mol. The van der Waals surface area contributed by atoms with Gasteiger partial charge in [0.2, 0.25) is 0 Å². The second-order valence-electron chi connectivity index (χ2n) is 6.24. The zero-order valence-corrected chi connectivity index (χ0v) is 12.4. The number of nitrogens with zero attached hydrogens (tertiary/aromatic N) is 1. The van der Waals surface area contributed by atoms with E-state index < -0.39 is 0 Å². The Morgan fingerprint density at radius 1 is 1.10 bits per heavy atom. The lowest BCUT2D eigenvalue weighted by Gasteiger charge is -2.24. The molecule has 1 heterocycles. The molecule has 2 aromatic carbocycles. The van der Waals surface area contributed by atoms with Crippen LogP contribution in [0.3, 0.4) is 0 Å². The molecule has 0 aliphatic carbocycles. The van der Waals surface area contributed by atoms with Gasteiger partial charge < -0.3 is 4.79 Å². The van der Waals surface area contributed by atoms with Crippen molar-refractivity contribution >= 4 is 6.29 Å². The Bertz CT molecular complexity index is 595. The number of likely N-dealkylation sites (tertiary alicyclic amines) is 1. The summed E-state index contributed by atoms with van der Waals surface area (Å²) in [6.07, 6.45) is 1.15. The van der Waals surface area contributed by atoms with Gasteiger partial charge >= 0.3 is 0 Å². The smallest absolute Gasteiger partial charge is 0.127 e. The second kappa shape index (κ2) is 5.82. The van der Waals surface area contributed by atoms with Gasteiger partial charge in [-0.3, -0.25) is 4.90 Å². The van der Waals surface area contributed by atoms with Crippen LogP contribution >= 0.6 is 0 Å². The highest BCUT2D eigenvalue weighted by atomic mass is 16.1. The Balaban J connectivity index is 1.80. The molecular weight excluding hydrogens is 258 g/mol. The number of hydrogen-bond acceptors (Lipinski definition) is 2. The van der Waals surface area contributed by atoms with Gasteiger partial charge in [0.15, 0.2) is 0 Å². The molecule has 2 heteroatoms. The van der Waals surface area contributed by atoms with E-state index >= 15 is 0 Å². The Hall–Kier alpha value is -1.93. The first-order valence-corrected chi connectivity index (χ1v) is 7.49. The lowest BCUT2D eigenvalue weighted by Crippen LogP contribution is -2.27. The van der Waals surface area contributed by atoms with Crippen LogP contribution in [-0.4, -0.2) is 24.3 Å². The van der Waals surface area contributed by atoms with E-state index in [2.05, 4.69) is 60.4 Å². The van der Waals surface area contributed by atoms with Crippen LogP contribution in [0.2, 0.25) is 0 Å². The topological polar surface area (TPSA) is 20.3 Å². The monoisotopic (exact) mass is 279 g/mol. The molecule has 2 atom stereocenters. The van der Waals surface area contributed by atoms with E-state index in [1.165, 1.54) is 11.1 Å². The summed E-state index contributed by atoms with van der Waals surface area (Å²) in [5, 5.41) is 0. The maximum absolute atomic E-state index is 11.7. The fourth-order valence-electron chi connectivity index (χ4n) is 3.38. The van der Waals surface area contributed by atoms with E-state index in [1.807, 2.05) is 12.1 Å². The van der Waals surface area contributed by atoms with Gasteiger partial charge in [-0.05, 0) is 11.1 Å². The highest BCUT2D eigenvalue weighted by Crippen LogP contribution is 2.41. The van der Waals surface area contributed by atoms with Crippen molar-refractivity contribution in [2.45, 2.75) is 19.4 Å². The molecule has 0 amide bonds. The molecule has 1 fully saturated rings. The number of benzene rings is 2. The summed E-state index contributed by atoms with van der Waals surface area (Å²) in [4.78, 5) is 14.1. The first-order valence-electron chi connectivity index (χ1n) is 7.49. The zero-order valence-electron chi connectivity index (χ0n) is 12.4. The molecule has 0 aromatic heterocycles. The molecule has 0 radical (unpaired) electrons. The van der Waals surface area contributed by atoms with Crippen LogP contribution < -0.4 is 0 Å². The van der Waals surface area contributed by atoms with E-state index in [4.69, 9.17) is 0 Å². The van der Waals surface area contributed by atoms with Crippen molar-refractivity contribution in [2.24, 2.45) is 5.41 Å². The third-order valence-corrected chi connectivity index (χ3v) is 4.52. The quantitative estimate of drug-likeness (QED) is 0.798. The molecule has 2 unspecified atom stereocenters. The summed E-state index contributed by atoms with van der Waals surface area (Å²) in [5.74, 6) is 0.278. The van der Waals surface area contributed by atoms with Crippen LogP contribution in [-0.2, 0) is 11.3 Å². The van der Waals surface area contributed by atoms with Gasteiger partial charge in [-0.1, -0.05) is 67.6 Å². The van der Waals surface area contributed by atoms with Crippen molar-refractivity contribution < 1.29 is 4.79 Å². The van der Waals surface area contributed by atoms with Crippen molar-refractivity contribution in [1.82, 2.24) is 4.90 Å². The van der Waals surface area contributed by atoms with Gasteiger partial charge in [-0.25, -0.2) is 0 Å². The van der Waals surface area contributed by atoms with Gasteiger partial charge in [-0.15, -0.1) is 0 Å². The molecule has 1 aliphatic rings. The maximum atomic E-state index is 11.7. The zero-order chi connectivity index (χ0) is 14.7. The van der Waals surface area contributed by atoms with E-state index in [0.717, 1.165) is 25.9 Å². The fourth-order valence-corrected chi connectivity index (χ4v) is 3.38. The number of carbonyl (C=O) groups is 1. The summed E-state index contributed by atoms with van der Waals surface area (Å²) in [7, 11) is 0. The Kier molecular flexibility index (Phi) is 3.89. The number of rotatable bonds is 4. The summed E-state index contributed by atoms with van der Waals surface area (Å²) in [6.45, 7) is 4.76. The third kappa shape index (κ3) is 2.91. The maximum Gasteiger partial charge on any atom is 0.127 e. The SMILES string of the molecule is CC1(C=O)CN(Cc2ccccc2)CC1c1ccccc1. The molecule has 21 heavy (non-hydrogen) atoms. The molecule has 2 nitrogen and oxygen atoms in total. The summed E-state index contributed by atoms with van der Waals surface area (Å²) in [6, 6.07) is 20.9. The summed E-state index contributed by atoms with van der Waals surface area (Å²) in [5.41, 5.74) is 2.28. The van der Waals surface area contributed by atoms with Crippen LogP contribution in [0.1, 0.15) is 24.0 Å². The van der Waals surface area contributed by atoms with E-state index in [9.17, 15) is 4.79 Å². The summed E-state index contributed by atoms with van der Waals surface area (Å²) >= 11 is 0. The van der Waals surface area contributed by atoms with Crippen molar-refractivity contribution in [3.8, 4) is 0 Å². The molecule has 108 valence electrons. The first-order chi connectivity index (χ1) is 10.2. The highest BCUT2D eigenvalue weighted by molar-refractivity contribution is 5.62. The molecule has 0 saturated carbocycles. The van der Waals surface area contributed by atoms with Crippen molar-refractivity contribution in [2.75, 3.05) is 13.1 Å². The molecule has 1 aliphatic heterocycles. The van der Waals surface area contributed by atoms with Crippen LogP contribution in [0.5, 0.6) is 0 Å². The molecule has 0 bridgehead atoms. The van der Waals surface area contributed by atoms with Crippen molar-refractivity contribution in [3.05, 3.63) is 71.8 Å². The molecular formula is C19H21NO. The molecule has 2 aromatic rings. The predicted octanol–water partition coefficient (Wildman–Crippen LogP) is 3.49. The largest absolute Gasteiger partial charge is 0.303 e. The minimum Gasteiger partial charge on any atom is -0.303 e. The van der Waals surface area contributed by atoms with Gasteiger partial charge in [0.25, 0.3) is 0 Å². The van der Waals surface area contributed by atoms with Crippen LogP contribution in [0, 0.1) is 5.41 Å². The Labute approximate surface area is 126 Å². The molecule has 0 spiro atoms. The minimum atomic E-state index is -0.296. The molecule has 0 N–H and O–H groups in total. The predicted molar refractivity (Wildman–Crippen MR) is 85.1 cm³/mol. The van der Waals surface area contributed by atoms with Crippen LogP contribution in [0.4, 0.5) is 0 Å². The first kappa shape index (κ1) is 14.0. The molecule has 3 rings (SSSR count).